The first kappa shape index (κ1) is 19.2. The molecule has 2 aromatic carbocycles. The van der Waals surface area contributed by atoms with Crippen LogP contribution in [0.1, 0.15) is 23.7 Å². The predicted octanol–water partition coefficient (Wildman–Crippen LogP) is 3.38. The van der Waals surface area contributed by atoms with Gasteiger partial charge in [-0.3, -0.25) is 0 Å². The Hall–Kier alpha value is -2.82. The summed E-state index contributed by atoms with van der Waals surface area (Å²) in [6.07, 6.45) is 0.869. The van der Waals surface area contributed by atoms with Gasteiger partial charge >= 0.3 is 5.97 Å². The van der Waals surface area contributed by atoms with Gasteiger partial charge in [-0.15, -0.1) is 0 Å². The lowest BCUT2D eigenvalue weighted by atomic mass is 10.2. The van der Waals surface area contributed by atoms with Crippen molar-refractivity contribution in [3.05, 3.63) is 60.2 Å². The van der Waals surface area contributed by atoms with Crippen LogP contribution in [0.2, 0.25) is 0 Å². The lowest BCUT2D eigenvalue weighted by molar-refractivity contribution is -0.0980. The maximum atomic E-state index is 10.7. The lowest BCUT2D eigenvalue weighted by Crippen LogP contribution is -2.03. The summed E-state index contributed by atoms with van der Waals surface area (Å²) in [5.74, 6) is -0.189. The minimum Gasteiger partial charge on any atom is -0.508 e. The number of carbonyl (C=O) groups excluding carboxylic acids is 1. The van der Waals surface area contributed by atoms with E-state index in [4.69, 9.17) is 19.7 Å². The monoisotopic (exact) mass is 304 g/mol. The normalized spacial score (nSPS) is 8.59. The third kappa shape index (κ3) is 7.69. The Labute approximate surface area is 129 Å². The van der Waals surface area contributed by atoms with Crippen molar-refractivity contribution in [1.82, 2.24) is 0 Å². The van der Waals surface area contributed by atoms with Gasteiger partial charge in [-0.25, -0.2) is 4.79 Å². The first-order chi connectivity index (χ1) is 10.6. The van der Waals surface area contributed by atoms with Crippen molar-refractivity contribution in [2.45, 2.75) is 13.3 Å². The number of carbonyl (C=O) groups is 2. The van der Waals surface area contributed by atoms with Crippen LogP contribution in [0, 0.1) is 0 Å². The van der Waals surface area contributed by atoms with E-state index in [0.29, 0.717) is 18.1 Å². The summed E-state index contributed by atoms with van der Waals surface area (Å²) in [7, 11) is 0. The predicted molar refractivity (Wildman–Crippen MR) is 84.4 cm³/mol. The molecule has 2 rings (SSSR count). The zero-order chi connectivity index (χ0) is 16.8. The number of phenols is 1. The van der Waals surface area contributed by atoms with Gasteiger partial charge in [0.05, 0.1) is 6.61 Å². The number of benzene rings is 2. The molecule has 0 amide bonds. The molecule has 0 fully saturated rings. The summed E-state index contributed by atoms with van der Waals surface area (Å²) < 4.78 is 5.27. The highest BCUT2D eigenvalue weighted by Gasteiger charge is 2.08. The molecule has 0 aliphatic rings. The van der Waals surface area contributed by atoms with Gasteiger partial charge in [0.15, 0.2) is 0 Å². The molecule has 2 aromatic rings. The molecule has 22 heavy (non-hydrogen) atoms. The zero-order valence-electron chi connectivity index (χ0n) is 12.4. The number of carboxylic acid groups (broad SMARTS) is 1. The fourth-order valence-electron chi connectivity index (χ4n) is 1.41. The molecule has 0 radical (unpaired) electrons. The summed E-state index contributed by atoms with van der Waals surface area (Å²) in [4.78, 5) is 18.7. The maximum absolute atomic E-state index is 10.7. The van der Waals surface area contributed by atoms with E-state index in [1.807, 2.05) is 19.8 Å². The standard InChI is InChI=1S/C10H12O3.C6H6O.CH2O/c1-2-7-13-9-6-4-3-5-8(9)10(11)12;7-6-4-2-1-3-5-6;1-2/h3-6H,2,7H2,1H3,(H,11,12);1-5,7H;1H2. The van der Waals surface area contributed by atoms with E-state index < -0.39 is 5.97 Å². The quantitative estimate of drug-likeness (QED) is 0.904. The van der Waals surface area contributed by atoms with Crippen LogP contribution < -0.4 is 4.74 Å². The minimum absolute atomic E-state index is 0.218. The van der Waals surface area contributed by atoms with E-state index in [0.717, 1.165) is 6.42 Å². The second kappa shape index (κ2) is 12.0. The van der Waals surface area contributed by atoms with Crippen LogP contribution >= 0.6 is 0 Å². The molecule has 0 aliphatic heterocycles. The van der Waals surface area contributed by atoms with Gasteiger partial charge in [-0.2, -0.15) is 0 Å². The number of para-hydroxylation sites is 2. The molecule has 0 heterocycles. The molecular formula is C17H20O5. The highest BCUT2D eigenvalue weighted by molar-refractivity contribution is 5.90. The van der Waals surface area contributed by atoms with E-state index in [1.54, 1.807) is 42.5 Å². The number of rotatable bonds is 4. The number of carboxylic acids is 1. The van der Waals surface area contributed by atoms with Crippen LogP contribution in [0.5, 0.6) is 11.5 Å². The van der Waals surface area contributed by atoms with E-state index in [2.05, 4.69) is 0 Å². The van der Waals surface area contributed by atoms with Crippen LogP contribution in [0.15, 0.2) is 54.6 Å². The van der Waals surface area contributed by atoms with Gasteiger partial charge in [0.25, 0.3) is 0 Å². The summed E-state index contributed by atoms with van der Waals surface area (Å²) in [6.45, 7) is 4.52. The Kier molecular flexibility index (Phi) is 10.4. The third-order valence-corrected chi connectivity index (χ3v) is 2.34. The third-order valence-electron chi connectivity index (χ3n) is 2.34. The average molecular weight is 304 g/mol. The number of aromatic hydroxyl groups is 1. The largest absolute Gasteiger partial charge is 0.508 e. The van der Waals surface area contributed by atoms with E-state index >= 15 is 0 Å². The number of hydrogen-bond donors (Lipinski definition) is 2. The summed E-state index contributed by atoms with van der Waals surface area (Å²) in [6, 6.07) is 15.4. The number of ether oxygens (including phenoxy) is 1. The Morgan fingerprint density at radius 2 is 1.59 bits per heavy atom. The molecule has 0 saturated carbocycles. The van der Waals surface area contributed by atoms with Gasteiger partial charge < -0.3 is 19.7 Å². The Bertz CT molecular complexity index is 540. The van der Waals surface area contributed by atoms with Crippen molar-refractivity contribution in [2.24, 2.45) is 0 Å². The molecule has 0 unspecified atom stereocenters. The number of hydrogen-bond acceptors (Lipinski definition) is 4. The Morgan fingerprint density at radius 1 is 1.05 bits per heavy atom. The highest BCUT2D eigenvalue weighted by atomic mass is 16.5. The van der Waals surface area contributed by atoms with E-state index in [-0.39, 0.29) is 5.56 Å². The van der Waals surface area contributed by atoms with Gasteiger partial charge in [0.1, 0.15) is 23.9 Å². The van der Waals surface area contributed by atoms with Crippen molar-refractivity contribution in [1.29, 1.82) is 0 Å². The molecule has 118 valence electrons. The fourth-order valence-corrected chi connectivity index (χ4v) is 1.41. The molecular weight excluding hydrogens is 284 g/mol. The van der Waals surface area contributed by atoms with Crippen LogP contribution in [-0.2, 0) is 4.79 Å². The van der Waals surface area contributed by atoms with Gasteiger partial charge in [0.2, 0.25) is 0 Å². The van der Waals surface area contributed by atoms with E-state index in [1.165, 1.54) is 6.07 Å². The molecule has 0 spiro atoms. The molecule has 0 atom stereocenters. The molecule has 2 N–H and O–H groups in total. The lowest BCUT2D eigenvalue weighted by Gasteiger charge is -2.06. The van der Waals surface area contributed by atoms with Crippen molar-refractivity contribution in [2.75, 3.05) is 6.61 Å². The molecule has 5 heteroatoms. The Morgan fingerprint density at radius 3 is 2.05 bits per heavy atom. The van der Waals surface area contributed by atoms with Crippen LogP contribution in [0.3, 0.4) is 0 Å². The maximum Gasteiger partial charge on any atom is 0.339 e. The van der Waals surface area contributed by atoms with Gasteiger partial charge in [-0.05, 0) is 30.7 Å². The van der Waals surface area contributed by atoms with Crippen molar-refractivity contribution in [3.63, 3.8) is 0 Å². The van der Waals surface area contributed by atoms with Crippen LogP contribution in [0.25, 0.3) is 0 Å². The topological polar surface area (TPSA) is 83.8 Å². The summed E-state index contributed by atoms with van der Waals surface area (Å²) in [5, 5.41) is 17.4. The second-order valence-electron chi connectivity index (χ2n) is 3.99. The highest BCUT2D eigenvalue weighted by Crippen LogP contribution is 2.17. The molecule has 0 aromatic heterocycles. The second-order valence-corrected chi connectivity index (χ2v) is 3.99. The van der Waals surface area contributed by atoms with Crippen LogP contribution in [-0.4, -0.2) is 29.6 Å². The molecule has 0 bridgehead atoms. The fraction of sp³-hybridized carbons (Fsp3) is 0.176. The van der Waals surface area contributed by atoms with Crippen LogP contribution in [0.4, 0.5) is 0 Å². The molecule has 0 aliphatic carbocycles. The zero-order valence-corrected chi connectivity index (χ0v) is 12.4. The van der Waals surface area contributed by atoms with Crippen molar-refractivity contribution >= 4 is 12.8 Å². The minimum atomic E-state index is -0.952. The molecule has 5 nitrogen and oxygen atoms in total. The smallest absolute Gasteiger partial charge is 0.339 e. The van der Waals surface area contributed by atoms with Crippen molar-refractivity contribution < 1.29 is 24.5 Å². The van der Waals surface area contributed by atoms with E-state index in [9.17, 15) is 4.79 Å². The first-order valence-electron chi connectivity index (χ1n) is 6.63. The van der Waals surface area contributed by atoms with Gasteiger partial charge in [-0.1, -0.05) is 37.3 Å². The SMILES string of the molecule is C=O.CCCOc1ccccc1C(=O)O.Oc1ccccc1. The first-order valence-corrected chi connectivity index (χ1v) is 6.63. The summed E-state index contributed by atoms with van der Waals surface area (Å²) >= 11 is 0. The summed E-state index contributed by atoms with van der Waals surface area (Å²) in [5.41, 5.74) is 0.218. The molecule has 0 saturated heterocycles. The number of phenolic OH excluding ortho intramolecular Hbond substituents is 1. The number of aromatic carboxylic acids is 1. The van der Waals surface area contributed by atoms with Crippen molar-refractivity contribution in [3.8, 4) is 11.5 Å². The Balaban J connectivity index is 0.000000412. The average Bonchev–Trinajstić information content (AvgIpc) is 2.56. The van der Waals surface area contributed by atoms with Gasteiger partial charge in [0, 0.05) is 0 Å².